The van der Waals surface area contributed by atoms with Crippen LogP contribution in [0.4, 0.5) is 18.9 Å². The fourth-order valence-corrected chi connectivity index (χ4v) is 2.92. The maximum absolute atomic E-state index is 12.8. The maximum atomic E-state index is 12.8. The van der Waals surface area contributed by atoms with Gasteiger partial charge in [0, 0.05) is 16.6 Å². The lowest BCUT2D eigenvalue weighted by molar-refractivity contribution is -0.137. The molecule has 0 fully saturated rings. The lowest BCUT2D eigenvalue weighted by Gasteiger charge is -2.11. The van der Waals surface area contributed by atoms with Crippen molar-refractivity contribution in [1.29, 1.82) is 0 Å². The van der Waals surface area contributed by atoms with Gasteiger partial charge in [-0.05, 0) is 49.7 Å². The Kier molecular flexibility index (Phi) is 4.89. The Bertz CT molecular complexity index is 1130. The predicted molar refractivity (Wildman–Crippen MR) is 97.4 cm³/mol. The number of anilines is 1. The van der Waals surface area contributed by atoms with Crippen molar-refractivity contribution in [3.63, 3.8) is 0 Å². The van der Waals surface area contributed by atoms with Crippen molar-refractivity contribution in [2.24, 2.45) is 0 Å². The van der Waals surface area contributed by atoms with Crippen LogP contribution in [0.5, 0.6) is 5.75 Å². The van der Waals surface area contributed by atoms with E-state index >= 15 is 0 Å². The number of aromatic hydroxyl groups is 1. The number of carbonyl (C=O) groups is 1. The van der Waals surface area contributed by atoms with Crippen LogP contribution in [0.2, 0.25) is 0 Å². The second-order valence-electron chi connectivity index (χ2n) is 6.38. The van der Waals surface area contributed by atoms with E-state index in [1.165, 1.54) is 18.2 Å². The van der Waals surface area contributed by atoms with E-state index in [1.54, 1.807) is 19.9 Å². The van der Waals surface area contributed by atoms with Crippen molar-refractivity contribution in [1.82, 2.24) is 0 Å². The molecule has 0 atom stereocenters. The smallest absolute Gasteiger partial charge is 0.416 e. The van der Waals surface area contributed by atoms with Crippen molar-refractivity contribution in [2.45, 2.75) is 26.4 Å². The van der Waals surface area contributed by atoms with Gasteiger partial charge in [0.15, 0.2) is 0 Å². The van der Waals surface area contributed by atoms with Crippen LogP contribution in [0.15, 0.2) is 45.6 Å². The van der Waals surface area contributed by atoms with Gasteiger partial charge in [0.2, 0.25) is 5.91 Å². The average molecular weight is 391 g/mol. The van der Waals surface area contributed by atoms with Crippen molar-refractivity contribution >= 4 is 22.6 Å². The molecule has 1 amide bonds. The first-order valence-corrected chi connectivity index (χ1v) is 8.30. The normalized spacial score (nSPS) is 11.6. The van der Waals surface area contributed by atoms with E-state index in [1.807, 2.05) is 0 Å². The number of benzene rings is 2. The number of amides is 1. The first-order chi connectivity index (χ1) is 13.1. The van der Waals surface area contributed by atoms with Crippen molar-refractivity contribution in [2.75, 3.05) is 5.32 Å². The number of nitrogens with one attached hydrogen (secondary N) is 1. The van der Waals surface area contributed by atoms with Gasteiger partial charge in [-0.3, -0.25) is 4.79 Å². The summed E-state index contributed by atoms with van der Waals surface area (Å²) >= 11 is 0. The van der Waals surface area contributed by atoms with Crippen LogP contribution in [-0.2, 0) is 17.4 Å². The van der Waals surface area contributed by atoms with Crippen LogP contribution in [-0.4, -0.2) is 11.0 Å². The molecular formula is C20H16F3NO4. The van der Waals surface area contributed by atoms with Crippen LogP contribution < -0.4 is 10.9 Å². The highest BCUT2D eigenvalue weighted by molar-refractivity contribution is 5.94. The Morgan fingerprint density at radius 1 is 1.14 bits per heavy atom. The molecule has 28 heavy (non-hydrogen) atoms. The Morgan fingerprint density at radius 3 is 2.54 bits per heavy atom. The standard InChI is InChI=1S/C20H16F3NO4/c1-10-14-6-7-16(25)11(2)18(14)28-19(27)15(10)9-17(26)24-13-5-3-4-12(8-13)20(21,22)23/h3-8,25H,9H2,1-2H3,(H,24,26). The maximum Gasteiger partial charge on any atom is 0.416 e. The fourth-order valence-electron chi connectivity index (χ4n) is 2.92. The fraction of sp³-hybridized carbons (Fsp3) is 0.200. The first kappa shape index (κ1) is 19.5. The Hall–Kier alpha value is -3.29. The summed E-state index contributed by atoms with van der Waals surface area (Å²) in [6.45, 7) is 3.24. The van der Waals surface area contributed by atoms with Gasteiger partial charge < -0.3 is 14.8 Å². The van der Waals surface area contributed by atoms with Crippen molar-refractivity contribution in [3.05, 3.63) is 69.1 Å². The zero-order valence-corrected chi connectivity index (χ0v) is 15.0. The largest absolute Gasteiger partial charge is 0.508 e. The molecule has 8 heteroatoms. The summed E-state index contributed by atoms with van der Waals surface area (Å²) in [6.07, 6.45) is -4.89. The minimum absolute atomic E-state index is 0.0231. The SMILES string of the molecule is Cc1c(CC(=O)Nc2cccc(C(F)(F)F)c2)c(=O)oc2c(C)c(O)ccc12. The van der Waals surface area contributed by atoms with Crippen molar-refractivity contribution < 1.29 is 27.5 Å². The average Bonchev–Trinajstić information content (AvgIpc) is 2.61. The summed E-state index contributed by atoms with van der Waals surface area (Å²) in [6, 6.07) is 7.26. The molecule has 0 saturated carbocycles. The molecule has 0 saturated heterocycles. The van der Waals surface area contributed by atoms with Gasteiger partial charge in [-0.25, -0.2) is 4.79 Å². The quantitative estimate of drug-likeness (QED) is 0.652. The van der Waals surface area contributed by atoms with Crippen LogP contribution in [0.25, 0.3) is 11.0 Å². The third kappa shape index (κ3) is 3.71. The number of phenols is 1. The molecule has 0 aliphatic carbocycles. The summed E-state index contributed by atoms with van der Waals surface area (Å²) in [5.41, 5.74) is -0.416. The molecule has 1 aromatic heterocycles. The number of aryl methyl sites for hydroxylation is 2. The topological polar surface area (TPSA) is 79.5 Å². The van der Waals surface area contributed by atoms with Gasteiger partial charge in [-0.2, -0.15) is 13.2 Å². The molecule has 1 heterocycles. The number of rotatable bonds is 3. The summed E-state index contributed by atoms with van der Waals surface area (Å²) in [5, 5.41) is 12.7. The molecule has 3 aromatic rings. The molecule has 5 nitrogen and oxygen atoms in total. The lowest BCUT2D eigenvalue weighted by atomic mass is 10.0. The highest BCUT2D eigenvalue weighted by Crippen LogP contribution is 2.31. The van der Waals surface area contributed by atoms with Gasteiger partial charge in [0.05, 0.1) is 17.5 Å². The molecule has 146 valence electrons. The predicted octanol–water partition coefficient (Wildman–Crippen LogP) is 4.32. The van der Waals surface area contributed by atoms with Crippen LogP contribution in [0.1, 0.15) is 22.3 Å². The van der Waals surface area contributed by atoms with E-state index in [0.29, 0.717) is 16.5 Å². The summed E-state index contributed by atoms with van der Waals surface area (Å²) < 4.78 is 43.6. The third-order valence-electron chi connectivity index (χ3n) is 4.49. The van der Waals surface area contributed by atoms with Gasteiger partial charge in [0.1, 0.15) is 11.3 Å². The van der Waals surface area contributed by atoms with Crippen LogP contribution in [0.3, 0.4) is 0 Å². The second-order valence-corrected chi connectivity index (χ2v) is 6.38. The molecule has 0 bridgehead atoms. The van der Waals surface area contributed by atoms with Crippen molar-refractivity contribution in [3.8, 4) is 5.75 Å². The number of alkyl halides is 3. The molecule has 2 N–H and O–H groups in total. The van der Waals surface area contributed by atoms with Crippen LogP contribution in [0, 0.1) is 13.8 Å². The minimum Gasteiger partial charge on any atom is -0.508 e. The number of halogens is 3. The first-order valence-electron chi connectivity index (χ1n) is 8.30. The summed E-state index contributed by atoms with van der Waals surface area (Å²) in [7, 11) is 0. The van der Waals surface area contributed by atoms with E-state index < -0.39 is 23.3 Å². The Labute approximate surface area is 157 Å². The molecule has 0 radical (unpaired) electrons. The summed E-state index contributed by atoms with van der Waals surface area (Å²) in [4.78, 5) is 24.6. The van der Waals surface area contributed by atoms with Gasteiger partial charge in [-0.15, -0.1) is 0 Å². The van der Waals surface area contributed by atoms with E-state index in [9.17, 15) is 27.9 Å². The van der Waals surface area contributed by atoms with E-state index in [2.05, 4.69) is 5.32 Å². The lowest BCUT2D eigenvalue weighted by Crippen LogP contribution is -2.21. The number of phenolic OH excluding ortho intramolecular Hbond substituents is 1. The highest BCUT2D eigenvalue weighted by atomic mass is 19.4. The zero-order chi connectivity index (χ0) is 20.6. The molecule has 0 spiro atoms. The summed E-state index contributed by atoms with van der Waals surface area (Å²) in [5.74, 6) is -0.672. The number of carbonyl (C=O) groups excluding carboxylic acids is 1. The molecular weight excluding hydrogens is 375 g/mol. The molecule has 0 unspecified atom stereocenters. The van der Waals surface area contributed by atoms with Gasteiger partial charge in [0.25, 0.3) is 0 Å². The number of fused-ring (bicyclic) bond motifs is 1. The number of hydrogen-bond acceptors (Lipinski definition) is 4. The Balaban J connectivity index is 1.90. The van der Waals surface area contributed by atoms with E-state index in [-0.39, 0.29) is 29.0 Å². The molecule has 0 aliphatic rings. The van der Waals surface area contributed by atoms with Gasteiger partial charge >= 0.3 is 11.8 Å². The van der Waals surface area contributed by atoms with Crippen LogP contribution >= 0.6 is 0 Å². The van der Waals surface area contributed by atoms with E-state index in [0.717, 1.165) is 12.1 Å². The van der Waals surface area contributed by atoms with Gasteiger partial charge in [-0.1, -0.05) is 6.07 Å². The number of hydrogen-bond donors (Lipinski definition) is 2. The Morgan fingerprint density at radius 2 is 1.86 bits per heavy atom. The highest BCUT2D eigenvalue weighted by Gasteiger charge is 2.30. The monoisotopic (exact) mass is 391 g/mol. The third-order valence-corrected chi connectivity index (χ3v) is 4.49. The second kappa shape index (κ2) is 7.03. The zero-order valence-electron chi connectivity index (χ0n) is 15.0. The van der Waals surface area contributed by atoms with E-state index in [4.69, 9.17) is 4.42 Å². The molecule has 3 rings (SSSR count). The minimum atomic E-state index is -4.53. The molecule has 0 aliphatic heterocycles. The molecule has 2 aromatic carbocycles.